The van der Waals surface area contributed by atoms with Crippen molar-refractivity contribution >= 4 is 17.7 Å². The second-order valence-electron chi connectivity index (χ2n) is 6.86. The first-order valence-electron chi connectivity index (χ1n) is 8.48. The van der Waals surface area contributed by atoms with Crippen LogP contribution in [0.2, 0.25) is 0 Å². The van der Waals surface area contributed by atoms with E-state index in [-0.39, 0.29) is 41.4 Å². The molecule has 3 heterocycles. The van der Waals surface area contributed by atoms with Crippen LogP contribution >= 0.6 is 0 Å². The third-order valence-electron chi connectivity index (χ3n) is 5.50. The van der Waals surface area contributed by atoms with E-state index in [0.29, 0.717) is 25.7 Å². The molecular formula is C18H19FN2O3. The molecule has 0 saturated carbocycles. The van der Waals surface area contributed by atoms with Gasteiger partial charge in [-0.25, -0.2) is 4.39 Å². The molecule has 5 nitrogen and oxygen atoms in total. The summed E-state index contributed by atoms with van der Waals surface area (Å²) < 4.78 is 13.9. The number of carbonyl (C=O) groups is 3. The standard InChI is InChI=1S/C18H19FN2O3/c19-15-4-2-1-3-14(15)18(24)20-11-5-6-12(20)10-13(9-11)21-16(22)7-8-17(21)23/h1-4,11-13H,5-10H2. The van der Waals surface area contributed by atoms with Crippen molar-refractivity contribution in [3.05, 3.63) is 35.6 Å². The molecule has 1 aromatic rings. The van der Waals surface area contributed by atoms with Gasteiger partial charge in [-0.1, -0.05) is 12.1 Å². The monoisotopic (exact) mass is 330 g/mol. The minimum Gasteiger partial charge on any atom is -0.332 e. The predicted octanol–water partition coefficient (Wildman–Crippen LogP) is 2.11. The molecule has 0 aromatic heterocycles. The Bertz CT molecular complexity index is 690. The molecule has 3 aliphatic heterocycles. The van der Waals surface area contributed by atoms with Crippen LogP contribution < -0.4 is 0 Å². The molecule has 126 valence electrons. The summed E-state index contributed by atoms with van der Waals surface area (Å²) in [4.78, 5) is 39.9. The van der Waals surface area contributed by atoms with Crippen LogP contribution in [0.3, 0.4) is 0 Å². The van der Waals surface area contributed by atoms with Crippen molar-refractivity contribution in [2.24, 2.45) is 0 Å². The second kappa shape index (κ2) is 5.69. The first kappa shape index (κ1) is 15.3. The first-order chi connectivity index (χ1) is 11.6. The van der Waals surface area contributed by atoms with Crippen molar-refractivity contribution in [1.29, 1.82) is 0 Å². The molecule has 1 aromatic carbocycles. The molecule has 3 saturated heterocycles. The highest BCUT2D eigenvalue weighted by atomic mass is 19.1. The average Bonchev–Trinajstić information content (AvgIpc) is 3.03. The number of rotatable bonds is 2. The van der Waals surface area contributed by atoms with Gasteiger partial charge in [0, 0.05) is 31.0 Å². The van der Waals surface area contributed by atoms with Crippen LogP contribution in [-0.2, 0) is 9.59 Å². The first-order valence-corrected chi connectivity index (χ1v) is 8.48. The minimum absolute atomic E-state index is 0.0259. The van der Waals surface area contributed by atoms with Crippen molar-refractivity contribution in [2.75, 3.05) is 0 Å². The van der Waals surface area contributed by atoms with Crippen molar-refractivity contribution in [3.63, 3.8) is 0 Å². The highest BCUT2D eigenvalue weighted by Crippen LogP contribution is 2.39. The van der Waals surface area contributed by atoms with E-state index in [1.165, 1.54) is 17.0 Å². The van der Waals surface area contributed by atoms with Gasteiger partial charge in [0.05, 0.1) is 5.56 Å². The smallest absolute Gasteiger partial charge is 0.257 e. The highest BCUT2D eigenvalue weighted by Gasteiger charge is 2.48. The van der Waals surface area contributed by atoms with Gasteiger partial charge in [-0.05, 0) is 37.8 Å². The lowest BCUT2D eigenvalue weighted by Gasteiger charge is -2.41. The zero-order valence-electron chi connectivity index (χ0n) is 13.3. The lowest BCUT2D eigenvalue weighted by atomic mass is 9.95. The number of halogens is 1. The van der Waals surface area contributed by atoms with Crippen LogP contribution in [0, 0.1) is 5.82 Å². The number of benzene rings is 1. The summed E-state index contributed by atoms with van der Waals surface area (Å²) in [5.74, 6) is -0.983. The molecule has 0 N–H and O–H groups in total. The maximum absolute atomic E-state index is 13.9. The van der Waals surface area contributed by atoms with Crippen molar-refractivity contribution in [1.82, 2.24) is 9.80 Å². The Labute approximate surface area is 139 Å². The van der Waals surface area contributed by atoms with Gasteiger partial charge in [-0.2, -0.15) is 0 Å². The molecule has 3 aliphatic rings. The van der Waals surface area contributed by atoms with Crippen LogP contribution in [0.4, 0.5) is 4.39 Å². The van der Waals surface area contributed by atoms with Gasteiger partial charge in [-0.15, -0.1) is 0 Å². The van der Waals surface area contributed by atoms with Crippen molar-refractivity contribution < 1.29 is 18.8 Å². The number of likely N-dealkylation sites (tertiary alicyclic amines) is 1. The molecular weight excluding hydrogens is 311 g/mol. The Morgan fingerprint density at radius 1 is 0.958 bits per heavy atom. The average molecular weight is 330 g/mol. The number of fused-ring (bicyclic) bond motifs is 2. The number of amides is 3. The zero-order valence-corrected chi connectivity index (χ0v) is 13.3. The van der Waals surface area contributed by atoms with E-state index < -0.39 is 5.82 Å². The number of piperidine rings is 1. The largest absolute Gasteiger partial charge is 0.332 e. The Morgan fingerprint density at radius 2 is 1.54 bits per heavy atom. The number of hydrogen-bond acceptors (Lipinski definition) is 3. The summed E-state index contributed by atoms with van der Waals surface area (Å²) in [7, 11) is 0. The molecule has 24 heavy (non-hydrogen) atoms. The van der Waals surface area contributed by atoms with Crippen molar-refractivity contribution in [3.8, 4) is 0 Å². The second-order valence-corrected chi connectivity index (χ2v) is 6.86. The van der Waals surface area contributed by atoms with Gasteiger partial charge in [0.15, 0.2) is 0 Å². The number of hydrogen-bond donors (Lipinski definition) is 0. The number of nitrogens with zero attached hydrogens (tertiary/aromatic N) is 2. The zero-order chi connectivity index (χ0) is 16.8. The van der Waals surface area contributed by atoms with Crippen LogP contribution in [0.5, 0.6) is 0 Å². The summed E-state index contributed by atoms with van der Waals surface area (Å²) >= 11 is 0. The summed E-state index contributed by atoms with van der Waals surface area (Å²) in [5, 5.41) is 0. The fourth-order valence-electron chi connectivity index (χ4n) is 4.47. The number of imide groups is 1. The van der Waals surface area contributed by atoms with Gasteiger partial charge < -0.3 is 4.90 Å². The fourth-order valence-corrected chi connectivity index (χ4v) is 4.47. The molecule has 4 rings (SSSR count). The van der Waals surface area contributed by atoms with Gasteiger partial charge in [-0.3, -0.25) is 19.3 Å². The lowest BCUT2D eigenvalue weighted by molar-refractivity contribution is -0.142. The van der Waals surface area contributed by atoms with Crippen LogP contribution in [0.15, 0.2) is 24.3 Å². The SMILES string of the molecule is O=C1CCC(=O)N1C1CC2CCC(C1)N2C(=O)c1ccccc1F. The minimum atomic E-state index is -0.506. The van der Waals surface area contributed by atoms with E-state index >= 15 is 0 Å². The van der Waals surface area contributed by atoms with Crippen LogP contribution in [0.25, 0.3) is 0 Å². The molecule has 3 fully saturated rings. The molecule has 3 amide bonds. The molecule has 0 aliphatic carbocycles. The summed E-state index contributed by atoms with van der Waals surface area (Å²) in [5.41, 5.74) is 0.0983. The highest BCUT2D eigenvalue weighted by molar-refractivity contribution is 6.02. The Morgan fingerprint density at radius 3 is 2.12 bits per heavy atom. The molecule has 6 heteroatoms. The summed E-state index contributed by atoms with van der Waals surface area (Å²) in [6.07, 6.45) is 3.49. The fraction of sp³-hybridized carbons (Fsp3) is 0.500. The quantitative estimate of drug-likeness (QED) is 0.781. The third-order valence-corrected chi connectivity index (χ3v) is 5.50. The predicted molar refractivity (Wildman–Crippen MR) is 83.5 cm³/mol. The molecule has 2 unspecified atom stereocenters. The van der Waals surface area contributed by atoms with Gasteiger partial charge in [0.1, 0.15) is 5.82 Å². The molecule has 2 bridgehead atoms. The van der Waals surface area contributed by atoms with E-state index in [1.54, 1.807) is 17.0 Å². The van der Waals surface area contributed by atoms with Gasteiger partial charge in [0.2, 0.25) is 11.8 Å². The normalized spacial score (nSPS) is 29.5. The van der Waals surface area contributed by atoms with Gasteiger partial charge >= 0.3 is 0 Å². The Balaban J connectivity index is 1.55. The van der Waals surface area contributed by atoms with E-state index in [4.69, 9.17) is 0 Å². The van der Waals surface area contributed by atoms with E-state index in [0.717, 1.165) is 12.8 Å². The van der Waals surface area contributed by atoms with Crippen LogP contribution in [0.1, 0.15) is 48.9 Å². The van der Waals surface area contributed by atoms with E-state index in [2.05, 4.69) is 0 Å². The van der Waals surface area contributed by atoms with E-state index in [9.17, 15) is 18.8 Å². The van der Waals surface area contributed by atoms with Crippen molar-refractivity contribution in [2.45, 2.75) is 56.7 Å². The Kier molecular flexibility index (Phi) is 3.62. The Hall–Kier alpha value is -2.24. The van der Waals surface area contributed by atoms with Gasteiger partial charge in [0.25, 0.3) is 5.91 Å². The third kappa shape index (κ3) is 2.32. The molecule has 2 atom stereocenters. The maximum Gasteiger partial charge on any atom is 0.257 e. The number of carbonyl (C=O) groups excluding carboxylic acids is 3. The summed E-state index contributed by atoms with van der Waals surface area (Å²) in [6, 6.07) is 5.86. The van der Waals surface area contributed by atoms with Crippen LogP contribution in [-0.4, -0.2) is 45.6 Å². The molecule has 0 spiro atoms. The van der Waals surface area contributed by atoms with E-state index in [1.807, 2.05) is 0 Å². The lowest BCUT2D eigenvalue weighted by Crippen LogP contribution is -2.53. The molecule has 0 radical (unpaired) electrons. The maximum atomic E-state index is 13.9. The topological polar surface area (TPSA) is 57.7 Å². The summed E-state index contributed by atoms with van der Waals surface area (Å²) in [6.45, 7) is 0.